The molecule has 0 bridgehead atoms. The molecule has 0 spiro atoms. The van der Waals surface area contributed by atoms with Gasteiger partial charge in [0.1, 0.15) is 5.75 Å². The second-order valence-corrected chi connectivity index (χ2v) is 4.12. The lowest BCUT2D eigenvalue weighted by Crippen LogP contribution is -2.04. The van der Waals surface area contributed by atoms with Crippen LogP contribution in [-0.2, 0) is 12.7 Å². The van der Waals surface area contributed by atoms with E-state index in [4.69, 9.17) is 9.84 Å². The maximum absolute atomic E-state index is 12.4. The Bertz CT molecular complexity index is 648. The van der Waals surface area contributed by atoms with Crippen molar-refractivity contribution in [3.8, 4) is 11.8 Å². The smallest absolute Gasteiger partial charge is 0.416 e. The SMILES string of the molecule is CCn1cc(C(=O)O)nc1Oc1ccc(C(F)(F)F)cc1. The lowest BCUT2D eigenvalue weighted by atomic mass is 10.2. The predicted molar refractivity (Wildman–Crippen MR) is 66.4 cm³/mol. The number of ether oxygens (including phenoxy) is 1. The van der Waals surface area contributed by atoms with Gasteiger partial charge in [0.2, 0.25) is 0 Å². The molecule has 1 heterocycles. The van der Waals surface area contributed by atoms with Crippen molar-refractivity contribution in [2.24, 2.45) is 0 Å². The van der Waals surface area contributed by atoms with Crippen molar-refractivity contribution in [3.63, 3.8) is 0 Å². The van der Waals surface area contributed by atoms with E-state index < -0.39 is 17.7 Å². The first-order valence-corrected chi connectivity index (χ1v) is 5.97. The average molecular weight is 300 g/mol. The number of carboxylic acids is 1. The highest BCUT2D eigenvalue weighted by atomic mass is 19.4. The highest BCUT2D eigenvalue weighted by molar-refractivity contribution is 5.85. The number of carbonyl (C=O) groups is 1. The molecule has 1 aromatic heterocycles. The quantitative estimate of drug-likeness (QED) is 0.939. The summed E-state index contributed by atoms with van der Waals surface area (Å²) in [5.74, 6) is -1.07. The number of imidazole rings is 1. The minimum absolute atomic E-state index is 0.00894. The number of carboxylic acid groups (broad SMARTS) is 1. The molecule has 8 heteroatoms. The van der Waals surface area contributed by atoms with E-state index >= 15 is 0 Å². The monoisotopic (exact) mass is 300 g/mol. The van der Waals surface area contributed by atoms with Gasteiger partial charge in [-0.05, 0) is 31.2 Å². The Balaban J connectivity index is 2.24. The minimum Gasteiger partial charge on any atom is -0.476 e. The first kappa shape index (κ1) is 14.9. The Morgan fingerprint density at radius 2 is 1.95 bits per heavy atom. The molecule has 0 aliphatic heterocycles. The Morgan fingerprint density at radius 1 is 1.33 bits per heavy atom. The van der Waals surface area contributed by atoms with Crippen LogP contribution in [0.25, 0.3) is 0 Å². The molecule has 0 amide bonds. The van der Waals surface area contributed by atoms with Crippen LogP contribution in [0.3, 0.4) is 0 Å². The van der Waals surface area contributed by atoms with Gasteiger partial charge >= 0.3 is 18.2 Å². The predicted octanol–water partition coefficient (Wildman–Crippen LogP) is 3.41. The van der Waals surface area contributed by atoms with Crippen molar-refractivity contribution < 1.29 is 27.8 Å². The molecule has 0 aliphatic rings. The third-order valence-corrected chi connectivity index (χ3v) is 2.69. The summed E-state index contributed by atoms with van der Waals surface area (Å²) in [4.78, 5) is 14.6. The average Bonchev–Trinajstić information content (AvgIpc) is 2.81. The van der Waals surface area contributed by atoms with E-state index in [9.17, 15) is 18.0 Å². The fourth-order valence-electron chi connectivity index (χ4n) is 1.63. The minimum atomic E-state index is -4.42. The molecule has 1 aromatic carbocycles. The van der Waals surface area contributed by atoms with Crippen molar-refractivity contribution in [1.82, 2.24) is 9.55 Å². The maximum Gasteiger partial charge on any atom is 0.416 e. The molecule has 0 saturated carbocycles. The summed E-state index contributed by atoms with van der Waals surface area (Å²) in [5.41, 5.74) is -0.987. The van der Waals surface area contributed by atoms with Gasteiger partial charge in [0.25, 0.3) is 0 Å². The van der Waals surface area contributed by atoms with E-state index in [0.29, 0.717) is 6.54 Å². The van der Waals surface area contributed by atoms with Crippen molar-refractivity contribution in [2.45, 2.75) is 19.6 Å². The topological polar surface area (TPSA) is 64.4 Å². The molecule has 0 unspecified atom stereocenters. The molecule has 0 fully saturated rings. The van der Waals surface area contributed by atoms with Crippen molar-refractivity contribution >= 4 is 5.97 Å². The number of nitrogens with zero attached hydrogens (tertiary/aromatic N) is 2. The van der Waals surface area contributed by atoms with E-state index in [1.54, 1.807) is 6.92 Å². The molecule has 5 nitrogen and oxygen atoms in total. The third kappa shape index (κ3) is 3.33. The fourth-order valence-corrected chi connectivity index (χ4v) is 1.63. The van der Waals surface area contributed by atoms with Gasteiger partial charge < -0.3 is 14.4 Å². The number of rotatable bonds is 4. The number of aryl methyl sites for hydroxylation is 1. The maximum atomic E-state index is 12.4. The van der Waals surface area contributed by atoms with E-state index in [1.807, 2.05) is 0 Å². The number of aromatic carboxylic acids is 1. The van der Waals surface area contributed by atoms with Gasteiger partial charge in [0.15, 0.2) is 5.69 Å². The van der Waals surface area contributed by atoms with Crippen LogP contribution in [0.5, 0.6) is 11.8 Å². The van der Waals surface area contributed by atoms with Gasteiger partial charge in [0, 0.05) is 12.7 Å². The van der Waals surface area contributed by atoms with Crippen LogP contribution in [0.4, 0.5) is 13.2 Å². The molecule has 112 valence electrons. The lowest BCUT2D eigenvalue weighted by Gasteiger charge is -2.09. The van der Waals surface area contributed by atoms with Crippen LogP contribution in [0.15, 0.2) is 30.5 Å². The van der Waals surface area contributed by atoms with E-state index in [2.05, 4.69) is 4.98 Å². The first-order chi connectivity index (χ1) is 9.81. The molecular formula is C13H11F3N2O3. The number of aromatic nitrogens is 2. The summed E-state index contributed by atoms with van der Waals surface area (Å²) in [6, 6.07) is 4.07. The van der Waals surface area contributed by atoms with Gasteiger partial charge in [0.05, 0.1) is 5.56 Å². The number of hydrogen-bond donors (Lipinski definition) is 1. The summed E-state index contributed by atoms with van der Waals surface area (Å²) >= 11 is 0. The van der Waals surface area contributed by atoms with Crippen molar-refractivity contribution in [2.75, 3.05) is 0 Å². The summed E-state index contributed by atoms with van der Waals surface area (Å²) in [6.07, 6.45) is -3.13. The molecule has 0 radical (unpaired) electrons. The van der Waals surface area contributed by atoms with Gasteiger partial charge in [-0.25, -0.2) is 4.79 Å². The number of hydrogen-bond acceptors (Lipinski definition) is 3. The summed E-state index contributed by atoms with van der Waals surface area (Å²) in [6.45, 7) is 2.17. The standard InChI is InChI=1S/C13H11F3N2O3/c1-2-18-7-10(11(19)20)17-12(18)21-9-5-3-8(4-6-9)13(14,15)16/h3-7H,2H2,1H3,(H,19,20). The molecule has 2 rings (SSSR count). The second kappa shape index (κ2) is 5.47. The zero-order valence-corrected chi connectivity index (χ0v) is 10.9. The van der Waals surface area contributed by atoms with Crippen LogP contribution < -0.4 is 4.74 Å². The number of halogens is 3. The van der Waals surface area contributed by atoms with E-state index in [1.165, 1.54) is 10.8 Å². The van der Waals surface area contributed by atoms with Gasteiger partial charge in [-0.3, -0.25) is 0 Å². The van der Waals surface area contributed by atoms with E-state index in [-0.39, 0.29) is 17.5 Å². The Kier molecular flexibility index (Phi) is 3.88. The third-order valence-electron chi connectivity index (χ3n) is 2.69. The highest BCUT2D eigenvalue weighted by Crippen LogP contribution is 2.31. The molecule has 1 N–H and O–H groups in total. The molecule has 0 atom stereocenters. The summed E-state index contributed by atoms with van der Waals surface area (Å²) in [7, 11) is 0. The molecule has 0 aliphatic carbocycles. The van der Waals surface area contributed by atoms with Gasteiger partial charge in [-0.15, -0.1) is 0 Å². The van der Waals surface area contributed by atoms with Crippen LogP contribution in [0.1, 0.15) is 23.0 Å². The van der Waals surface area contributed by atoms with E-state index in [0.717, 1.165) is 24.3 Å². The molecule has 0 saturated heterocycles. The van der Waals surface area contributed by atoms with Gasteiger partial charge in [-0.2, -0.15) is 18.2 Å². The number of alkyl halides is 3. The van der Waals surface area contributed by atoms with Crippen LogP contribution in [0, 0.1) is 0 Å². The largest absolute Gasteiger partial charge is 0.476 e. The summed E-state index contributed by atoms with van der Waals surface area (Å²) < 4.78 is 44.1. The Labute approximate surface area is 117 Å². The second-order valence-electron chi connectivity index (χ2n) is 4.12. The normalized spacial score (nSPS) is 11.4. The van der Waals surface area contributed by atoms with Crippen molar-refractivity contribution in [1.29, 1.82) is 0 Å². The van der Waals surface area contributed by atoms with Crippen LogP contribution in [0.2, 0.25) is 0 Å². The fraction of sp³-hybridized carbons (Fsp3) is 0.231. The zero-order chi connectivity index (χ0) is 15.6. The zero-order valence-electron chi connectivity index (χ0n) is 10.9. The highest BCUT2D eigenvalue weighted by Gasteiger charge is 2.30. The van der Waals surface area contributed by atoms with Crippen molar-refractivity contribution in [3.05, 3.63) is 41.7 Å². The van der Waals surface area contributed by atoms with Gasteiger partial charge in [-0.1, -0.05) is 0 Å². The molecule has 21 heavy (non-hydrogen) atoms. The van der Waals surface area contributed by atoms with Crippen LogP contribution >= 0.6 is 0 Å². The Morgan fingerprint density at radius 3 is 2.43 bits per heavy atom. The first-order valence-electron chi connectivity index (χ1n) is 5.97. The molecule has 2 aromatic rings. The summed E-state index contributed by atoms with van der Waals surface area (Å²) in [5, 5.41) is 8.85. The lowest BCUT2D eigenvalue weighted by molar-refractivity contribution is -0.137. The molecular weight excluding hydrogens is 289 g/mol. The Hall–Kier alpha value is -2.51. The number of benzene rings is 1. The van der Waals surface area contributed by atoms with Crippen LogP contribution in [-0.4, -0.2) is 20.6 Å².